The van der Waals surface area contributed by atoms with Crippen LogP contribution in [0, 0.1) is 0 Å². The van der Waals surface area contributed by atoms with E-state index in [9.17, 15) is 9.90 Å². The molecule has 1 atom stereocenters. The number of hydrogen-bond donors (Lipinski definition) is 1. The molecule has 0 fully saturated rings. The summed E-state index contributed by atoms with van der Waals surface area (Å²) in [6.45, 7) is 0. The van der Waals surface area contributed by atoms with E-state index >= 15 is 0 Å². The molecule has 2 nitrogen and oxygen atoms in total. The van der Waals surface area contributed by atoms with Crippen molar-refractivity contribution in [1.29, 1.82) is 0 Å². The van der Waals surface area contributed by atoms with Gasteiger partial charge in [0.05, 0.1) is 5.92 Å². The molecule has 0 aliphatic carbocycles. The number of carboxylic acid groups (broad SMARTS) is 1. The molecule has 19 heavy (non-hydrogen) atoms. The van der Waals surface area contributed by atoms with Gasteiger partial charge in [0, 0.05) is 8.95 Å². The Hall–Kier alpha value is -1.13. The lowest BCUT2D eigenvalue weighted by atomic mass is 9.92. The maximum Gasteiger partial charge on any atom is 0.311 e. The fourth-order valence-electron chi connectivity index (χ4n) is 1.94. The van der Waals surface area contributed by atoms with Crippen LogP contribution in [0.15, 0.2) is 57.5 Å². The van der Waals surface area contributed by atoms with Crippen molar-refractivity contribution in [3.8, 4) is 0 Å². The highest BCUT2D eigenvalue weighted by Gasteiger charge is 2.20. The highest BCUT2D eigenvalue weighted by molar-refractivity contribution is 9.10. The average Bonchev–Trinajstić information content (AvgIpc) is 2.37. The lowest BCUT2D eigenvalue weighted by Crippen LogP contribution is -2.14. The van der Waals surface area contributed by atoms with Gasteiger partial charge in [-0.25, -0.2) is 0 Å². The topological polar surface area (TPSA) is 37.3 Å². The first kappa shape index (κ1) is 14.3. The van der Waals surface area contributed by atoms with E-state index in [0.717, 1.165) is 20.1 Å². The molecule has 0 heterocycles. The Balaban J connectivity index is 2.26. The first-order chi connectivity index (χ1) is 9.06. The van der Waals surface area contributed by atoms with E-state index in [1.165, 1.54) is 0 Å². The molecule has 0 spiro atoms. The summed E-state index contributed by atoms with van der Waals surface area (Å²) in [5, 5.41) is 9.40. The lowest BCUT2D eigenvalue weighted by Gasteiger charge is -2.13. The van der Waals surface area contributed by atoms with Crippen LogP contribution in [-0.2, 0) is 11.2 Å². The number of rotatable bonds is 4. The number of hydrogen-bond acceptors (Lipinski definition) is 1. The molecule has 98 valence electrons. The second kappa shape index (κ2) is 6.35. The summed E-state index contributed by atoms with van der Waals surface area (Å²) in [7, 11) is 0. The summed E-state index contributed by atoms with van der Waals surface area (Å²) < 4.78 is 1.91. The quantitative estimate of drug-likeness (QED) is 0.836. The Morgan fingerprint density at radius 3 is 2.32 bits per heavy atom. The normalized spacial score (nSPS) is 12.1. The number of carbonyl (C=O) groups is 1. The van der Waals surface area contributed by atoms with Crippen LogP contribution < -0.4 is 0 Å². The number of benzene rings is 2. The van der Waals surface area contributed by atoms with Gasteiger partial charge in [0.1, 0.15) is 0 Å². The summed E-state index contributed by atoms with van der Waals surface area (Å²) in [6.07, 6.45) is 0.483. The Kier molecular flexibility index (Phi) is 4.77. The molecule has 1 N–H and O–H groups in total. The molecule has 0 bridgehead atoms. The van der Waals surface area contributed by atoms with Crippen molar-refractivity contribution in [3.63, 3.8) is 0 Å². The zero-order chi connectivity index (χ0) is 13.8. The lowest BCUT2D eigenvalue weighted by molar-refractivity contribution is -0.138. The molecule has 2 aromatic carbocycles. The second-order valence-electron chi connectivity index (χ2n) is 4.28. The average molecular weight is 384 g/mol. The van der Waals surface area contributed by atoms with Gasteiger partial charge in [0.15, 0.2) is 0 Å². The molecule has 0 saturated carbocycles. The van der Waals surface area contributed by atoms with Crippen LogP contribution in [0.5, 0.6) is 0 Å². The number of aliphatic carboxylic acids is 1. The van der Waals surface area contributed by atoms with Crippen LogP contribution in [0.4, 0.5) is 0 Å². The molecular formula is C15H12Br2O2. The monoisotopic (exact) mass is 382 g/mol. The van der Waals surface area contributed by atoms with Gasteiger partial charge in [0.2, 0.25) is 0 Å². The Morgan fingerprint density at radius 1 is 1.05 bits per heavy atom. The van der Waals surface area contributed by atoms with Gasteiger partial charge in [-0.3, -0.25) is 4.79 Å². The van der Waals surface area contributed by atoms with Crippen LogP contribution in [-0.4, -0.2) is 11.1 Å². The molecule has 0 radical (unpaired) electrons. The summed E-state index contributed by atoms with van der Waals surface area (Å²) >= 11 is 6.76. The number of carboxylic acids is 1. The second-order valence-corrected chi connectivity index (χ2v) is 6.11. The standard InChI is InChI=1S/C15H12Br2O2/c16-12-6-4-11(5-7-12)14(15(18)19)9-10-2-1-3-13(17)8-10/h1-8,14H,9H2,(H,18,19). The first-order valence-corrected chi connectivity index (χ1v) is 7.37. The van der Waals surface area contributed by atoms with Crippen molar-refractivity contribution < 1.29 is 9.90 Å². The zero-order valence-electron chi connectivity index (χ0n) is 10.0. The van der Waals surface area contributed by atoms with E-state index < -0.39 is 11.9 Å². The van der Waals surface area contributed by atoms with Crippen molar-refractivity contribution in [1.82, 2.24) is 0 Å². The van der Waals surface area contributed by atoms with Gasteiger partial charge in [-0.15, -0.1) is 0 Å². The van der Waals surface area contributed by atoms with Gasteiger partial charge in [-0.1, -0.05) is 56.1 Å². The summed E-state index contributed by atoms with van der Waals surface area (Å²) in [4.78, 5) is 11.5. The summed E-state index contributed by atoms with van der Waals surface area (Å²) in [6, 6.07) is 15.2. The van der Waals surface area contributed by atoms with Crippen LogP contribution in [0.3, 0.4) is 0 Å². The third kappa shape index (κ3) is 3.91. The van der Waals surface area contributed by atoms with Crippen LogP contribution in [0.25, 0.3) is 0 Å². The Labute approximate surface area is 128 Å². The van der Waals surface area contributed by atoms with Gasteiger partial charge < -0.3 is 5.11 Å². The highest BCUT2D eigenvalue weighted by Crippen LogP contribution is 2.24. The van der Waals surface area contributed by atoms with Crippen molar-refractivity contribution in [2.24, 2.45) is 0 Å². The third-order valence-corrected chi connectivity index (χ3v) is 3.92. The smallest absolute Gasteiger partial charge is 0.311 e. The molecule has 4 heteroatoms. The van der Waals surface area contributed by atoms with Crippen molar-refractivity contribution >= 4 is 37.8 Å². The first-order valence-electron chi connectivity index (χ1n) is 5.79. The predicted molar refractivity (Wildman–Crippen MR) is 82.4 cm³/mol. The van der Waals surface area contributed by atoms with Crippen molar-refractivity contribution in [2.75, 3.05) is 0 Å². The van der Waals surface area contributed by atoms with E-state index in [4.69, 9.17) is 0 Å². The Bertz CT molecular complexity index is 579. The van der Waals surface area contributed by atoms with E-state index in [1.807, 2.05) is 48.5 Å². The van der Waals surface area contributed by atoms with Gasteiger partial charge in [-0.05, 0) is 41.8 Å². The van der Waals surface area contributed by atoms with Gasteiger partial charge in [-0.2, -0.15) is 0 Å². The van der Waals surface area contributed by atoms with E-state index in [1.54, 1.807) is 0 Å². The van der Waals surface area contributed by atoms with E-state index in [0.29, 0.717) is 6.42 Å². The van der Waals surface area contributed by atoms with Gasteiger partial charge >= 0.3 is 5.97 Å². The summed E-state index contributed by atoms with van der Waals surface area (Å²) in [5.41, 5.74) is 1.82. The third-order valence-electron chi connectivity index (χ3n) is 2.90. The largest absolute Gasteiger partial charge is 0.481 e. The minimum Gasteiger partial charge on any atom is -0.481 e. The minimum absolute atomic E-state index is 0.483. The Morgan fingerprint density at radius 2 is 1.74 bits per heavy atom. The van der Waals surface area contributed by atoms with Crippen LogP contribution in [0.1, 0.15) is 17.0 Å². The van der Waals surface area contributed by atoms with Crippen LogP contribution >= 0.6 is 31.9 Å². The predicted octanol–water partition coefficient (Wildman–Crippen LogP) is 4.62. The highest BCUT2D eigenvalue weighted by atomic mass is 79.9. The van der Waals surface area contributed by atoms with E-state index in [-0.39, 0.29) is 0 Å². The fraction of sp³-hybridized carbons (Fsp3) is 0.133. The fourth-order valence-corrected chi connectivity index (χ4v) is 2.65. The molecule has 0 aliphatic heterocycles. The zero-order valence-corrected chi connectivity index (χ0v) is 13.2. The maximum absolute atomic E-state index is 11.5. The molecule has 0 aliphatic rings. The van der Waals surface area contributed by atoms with Crippen LogP contribution in [0.2, 0.25) is 0 Å². The molecule has 0 aromatic heterocycles. The molecular weight excluding hydrogens is 372 g/mol. The molecule has 2 aromatic rings. The molecule has 0 saturated heterocycles. The summed E-state index contributed by atoms with van der Waals surface area (Å²) in [5.74, 6) is -1.33. The molecule has 1 unspecified atom stereocenters. The molecule has 2 rings (SSSR count). The SMILES string of the molecule is O=C(O)C(Cc1cccc(Br)c1)c1ccc(Br)cc1. The van der Waals surface area contributed by atoms with Crippen molar-refractivity contribution in [3.05, 3.63) is 68.6 Å². The minimum atomic E-state index is -0.803. The van der Waals surface area contributed by atoms with Crippen molar-refractivity contribution in [2.45, 2.75) is 12.3 Å². The maximum atomic E-state index is 11.5. The van der Waals surface area contributed by atoms with Gasteiger partial charge in [0.25, 0.3) is 0 Å². The molecule has 0 amide bonds. The number of halogens is 2. The van der Waals surface area contributed by atoms with E-state index in [2.05, 4.69) is 31.9 Å².